The average Bonchev–Trinajstić information content (AvgIpc) is 2.30. The maximum absolute atomic E-state index is 11.9. The number of nitrogens with one attached hydrogen (secondary N) is 2. The van der Waals surface area contributed by atoms with E-state index in [0.29, 0.717) is 5.69 Å². The maximum Gasteiger partial charge on any atom is 0.233 e. The summed E-state index contributed by atoms with van der Waals surface area (Å²) < 4.78 is 26.4. The molecule has 6 heteroatoms. The molecule has 0 radical (unpaired) electrons. The summed E-state index contributed by atoms with van der Waals surface area (Å²) in [6, 6.07) is 3.30. The summed E-state index contributed by atoms with van der Waals surface area (Å²) in [5.74, 6) is 0.394. The van der Waals surface area contributed by atoms with Crippen LogP contribution in [0.15, 0.2) is 24.5 Å². The van der Waals surface area contributed by atoms with Crippen molar-refractivity contribution in [2.24, 2.45) is 5.92 Å². The van der Waals surface area contributed by atoms with Crippen molar-refractivity contribution in [3.63, 3.8) is 0 Å². The van der Waals surface area contributed by atoms with Crippen molar-refractivity contribution in [3.8, 4) is 0 Å². The second-order valence-electron chi connectivity index (χ2n) is 4.33. The van der Waals surface area contributed by atoms with E-state index < -0.39 is 10.0 Å². The smallest absolute Gasteiger partial charge is 0.233 e. The van der Waals surface area contributed by atoms with Crippen molar-refractivity contribution >= 4 is 15.7 Å². The molecule has 2 heterocycles. The second kappa shape index (κ2) is 5.46. The van der Waals surface area contributed by atoms with Gasteiger partial charge in [-0.1, -0.05) is 0 Å². The average molecular weight is 255 g/mol. The van der Waals surface area contributed by atoms with Gasteiger partial charge in [0.05, 0.1) is 11.4 Å². The Kier molecular flexibility index (Phi) is 3.96. The van der Waals surface area contributed by atoms with Crippen LogP contribution in [-0.4, -0.2) is 32.2 Å². The molecule has 1 aromatic rings. The van der Waals surface area contributed by atoms with Crippen LogP contribution in [0.5, 0.6) is 0 Å². The Bertz CT molecular complexity index is 441. The van der Waals surface area contributed by atoms with Crippen LogP contribution in [0.2, 0.25) is 0 Å². The molecule has 0 aromatic carbocycles. The molecule has 0 saturated carbocycles. The van der Waals surface area contributed by atoms with E-state index in [0.717, 1.165) is 25.9 Å². The Morgan fingerprint density at radius 2 is 2.18 bits per heavy atom. The molecule has 1 atom stereocenters. The molecule has 1 saturated heterocycles. The van der Waals surface area contributed by atoms with Gasteiger partial charge in [-0.2, -0.15) is 0 Å². The minimum absolute atomic E-state index is 0.183. The zero-order valence-corrected chi connectivity index (χ0v) is 10.4. The first-order valence-corrected chi connectivity index (χ1v) is 7.42. The minimum Gasteiger partial charge on any atom is -0.316 e. The van der Waals surface area contributed by atoms with Gasteiger partial charge in [-0.25, -0.2) is 8.42 Å². The van der Waals surface area contributed by atoms with E-state index in [9.17, 15) is 8.42 Å². The molecule has 1 aromatic heterocycles. The van der Waals surface area contributed by atoms with Crippen molar-refractivity contribution in [3.05, 3.63) is 24.5 Å². The highest BCUT2D eigenvalue weighted by atomic mass is 32.2. The van der Waals surface area contributed by atoms with Gasteiger partial charge >= 0.3 is 0 Å². The molecular formula is C11H17N3O2S. The van der Waals surface area contributed by atoms with E-state index in [-0.39, 0.29) is 11.7 Å². The van der Waals surface area contributed by atoms with Crippen LogP contribution in [0, 0.1) is 5.92 Å². The van der Waals surface area contributed by atoms with E-state index in [1.54, 1.807) is 24.5 Å². The Balaban J connectivity index is 1.94. The fourth-order valence-electron chi connectivity index (χ4n) is 2.02. The first kappa shape index (κ1) is 12.3. The molecule has 94 valence electrons. The molecule has 2 N–H and O–H groups in total. The summed E-state index contributed by atoms with van der Waals surface area (Å²) in [5, 5.41) is 3.22. The minimum atomic E-state index is -3.25. The van der Waals surface area contributed by atoms with Crippen molar-refractivity contribution in [2.45, 2.75) is 12.8 Å². The Morgan fingerprint density at radius 3 is 2.82 bits per heavy atom. The predicted molar refractivity (Wildman–Crippen MR) is 67.2 cm³/mol. The van der Waals surface area contributed by atoms with Crippen LogP contribution in [0.3, 0.4) is 0 Å². The lowest BCUT2D eigenvalue weighted by atomic mass is 10.0. The Morgan fingerprint density at radius 1 is 1.41 bits per heavy atom. The monoisotopic (exact) mass is 255 g/mol. The first-order chi connectivity index (χ1) is 8.16. The molecule has 5 nitrogen and oxygen atoms in total. The van der Waals surface area contributed by atoms with Crippen LogP contribution in [0.1, 0.15) is 12.8 Å². The Labute approximate surface area is 102 Å². The highest BCUT2D eigenvalue weighted by Crippen LogP contribution is 2.14. The van der Waals surface area contributed by atoms with E-state index >= 15 is 0 Å². The summed E-state index contributed by atoms with van der Waals surface area (Å²) in [5.41, 5.74) is 0.573. The van der Waals surface area contributed by atoms with Crippen molar-refractivity contribution < 1.29 is 8.42 Å². The highest BCUT2D eigenvalue weighted by Gasteiger charge is 2.20. The van der Waals surface area contributed by atoms with E-state index in [2.05, 4.69) is 15.0 Å². The maximum atomic E-state index is 11.9. The quantitative estimate of drug-likeness (QED) is 0.835. The number of hydrogen-bond acceptors (Lipinski definition) is 4. The largest absolute Gasteiger partial charge is 0.316 e. The third-order valence-electron chi connectivity index (χ3n) is 2.81. The van der Waals surface area contributed by atoms with E-state index in [4.69, 9.17) is 0 Å². The van der Waals surface area contributed by atoms with Gasteiger partial charge in [-0.3, -0.25) is 9.71 Å². The normalized spacial score (nSPS) is 21.1. The molecule has 1 unspecified atom stereocenters. The zero-order chi connectivity index (χ0) is 12.1. The molecule has 17 heavy (non-hydrogen) atoms. The third-order valence-corrected chi connectivity index (χ3v) is 4.26. The summed E-state index contributed by atoms with van der Waals surface area (Å²) in [4.78, 5) is 3.85. The van der Waals surface area contributed by atoms with E-state index in [1.807, 2.05) is 0 Å². The summed E-state index contributed by atoms with van der Waals surface area (Å²) in [7, 11) is -3.25. The second-order valence-corrected chi connectivity index (χ2v) is 6.10. The third kappa shape index (κ3) is 3.98. The standard InChI is InChI=1S/C11H17N3O2S/c15-17(16,9-10-2-1-5-13-8-10)14-11-3-6-12-7-4-11/h3-4,6-7,10,13H,1-2,5,8-9H2,(H,12,14). The van der Waals surface area contributed by atoms with Crippen LogP contribution < -0.4 is 10.0 Å². The highest BCUT2D eigenvalue weighted by molar-refractivity contribution is 7.92. The SMILES string of the molecule is O=S(=O)(CC1CCCNC1)Nc1ccncc1. The number of pyridine rings is 1. The van der Waals surface area contributed by atoms with Gasteiger partial charge in [0.2, 0.25) is 10.0 Å². The number of nitrogens with zero attached hydrogens (tertiary/aromatic N) is 1. The molecular weight excluding hydrogens is 238 g/mol. The first-order valence-electron chi connectivity index (χ1n) is 5.77. The number of anilines is 1. The molecule has 1 fully saturated rings. The van der Waals surface area contributed by atoms with Gasteiger partial charge in [0.15, 0.2) is 0 Å². The Hall–Kier alpha value is -1.14. The predicted octanol–water partition coefficient (Wildman–Crippen LogP) is 0.823. The van der Waals surface area contributed by atoms with Crippen LogP contribution in [0.25, 0.3) is 0 Å². The number of sulfonamides is 1. The lowest BCUT2D eigenvalue weighted by Crippen LogP contribution is -2.35. The van der Waals surface area contributed by atoms with Gasteiger partial charge in [0.1, 0.15) is 0 Å². The van der Waals surface area contributed by atoms with Gasteiger partial charge in [-0.05, 0) is 44.0 Å². The lowest BCUT2D eigenvalue weighted by Gasteiger charge is -2.22. The van der Waals surface area contributed by atoms with Crippen molar-refractivity contribution in [1.82, 2.24) is 10.3 Å². The molecule has 0 amide bonds. The summed E-state index contributed by atoms with van der Waals surface area (Å²) in [6.45, 7) is 1.78. The molecule has 2 rings (SSSR count). The van der Waals surface area contributed by atoms with E-state index in [1.165, 1.54) is 0 Å². The van der Waals surface area contributed by atoms with Crippen LogP contribution >= 0.6 is 0 Å². The molecule has 0 bridgehead atoms. The number of rotatable bonds is 4. The lowest BCUT2D eigenvalue weighted by molar-refractivity contribution is 0.404. The zero-order valence-electron chi connectivity index (χ0n) is 9.59. The summed E-state index contributed by atoms with van der Waals surface area (Å²) >= 11 is 0. The number of piperidine rings is 1. The molecule has 1 aliphatic heterocycles. The molecule has 1 aliphatic rings. The number of hydrogen-bond donors (Lipinski definition) is 2. The summed E-state index contributed by atoms with van der Waals surface area (Å²) in [6.07, 6.45) is 5.17. The fraction of sp³-hybridized carbons (Fsp3) is 0.545. The fourth-order valence-corrected chi connectivity index (χ4v) is 3.50. The van der Waals surface area contributed by atoms with Gasteiger partial charge in [-0.15, -0.1) is 0 Å². The molecule has 0 spiro atoms. The number of aromatic nitrogens is 1. The van der Waals surface area contributed by atoms with Gasteiger partial charge < -0.3 is 5.32 Å². The van der Waals surface area contributed by atoms with Crippen LogP contribution in [-0.2, 0) is 10.0 Å². The van der Waals surface area contributed by atoms with Gasteiger partial charge in [0, 0.05) is 12.4 Å². The van der Waals surface area contributed by atoms with Crippen molar-refractivity contribution in [2.75, 3.05) is 23.6 Å². The van der Waals surface area contributed by atoms with Crippen LogP contribution in [0.4, 0.5) is 5.69 Å². The topological polar surface area (TPSA) is 71.1 Å². The van der Waals surface area contributed by atoms with Gasteiger partial charge in [0.25, 0.3) is 0 Å². The van der Waals surface area contributed by atoms with Crippen molar-refractivity contribution in [1.29, 1.82) is 0 Å². The molecule has 0 aliphatic carbocycles.